The molecule has 0 aromatic heterocycles. The number of hydrogen-bond donors (Lipinski definition) is 1. The fourth-order valence-corrected chi connectivity index (χ4v) is 1.63. The molecule has 0 fully saturated rings. The van der Waals surface area contributed by atoms with E-state index in [4.69, 9.17) is 9.94 Å². The number of rotatable bonds is 4. The van der Waals surface area contributed by atoms with Gasteiger partial charge in [-0.3, -0.25) is 0 Å². The number of benzene rings is 2. The van der Waals surface area contributed by atoms with Crippen LogP contribution in [0.1, 0.15) is 16.7 Å². The molecule has 0 saturated heterocycles. The highest BCUT2D eigenvalue weighted by molar-refractivity contribution is 5.82. The minimum Gasteiger partial charge on any atom is -0.488 e. The summed E-state index contributed by atoms with van der Waals surface area (Å²) in [5.41, 5.74) is 3.09. The first-order chi connectivity index (χ1) is 8.79. The highest BCUT2D eigenvalue weighted by atomic mass is 16.5. The molecule has 0 aliphatic heterocycles. The zero-order valence-electron chi connectivity index (χ0n) is 10.2. The SMILES string of the molecule is Cc1ccc(COc2ccccc2C=NO)cc1. The van der Waals surface area contributed by atoms with Crippen LogP contribution in [-0.2, 0) is 6.61 Å². The van der Waals surface area contributed by atoms with Gasteiger partial charge in [-0.25, -0.2) is 0 Å². The van der Waals surface area contributed by atoms with Gasteiger partial charge in [-0.1, -0.05) is 47.1 Å². The molecule has 2 aromatic rings. The first kappa shape index (κ1) is 12.2. The maximum atomic E-state index is 8.57. The van der Waals surface area contributed by atoms with Crippen molar-refractivity contribution in [1.29, 1.82) is 0 Å². The molecule has 0 amide bonds. The Kier molecular flexibility index (Phi) is 3.97. The van der Waals surface area contributed by atoms with Gasteiger partial charge in [0.1, 0.15) is 12.4 Å². The van der Waals surface area contributed by atoms with Crippen molar-refractivity contribution >= 4 is 6.21 Å². The smallest absolute Gasteiger partial charge is 0.128 e. The first-order valence-electron chi connectivity index (χ1n) is 5.74. The van der Waals surface area contributed by atoms with E-state index in [0.29, 0.717) is 12.4 Å². The number of nitrogens with zero attached hydrogens (tertiary/aromatic N) is 1. The molecule has 18 heavy (non-hydrogen) atoms. The third-order valence-corrected chi connectivity index (χ3v) is 2.63. The van der Waals surface area contributed by atoms with E-state index in [1.54, 1.807) is 0 Å². The number of hydrogen-bond acceptors (Lipinski definition) is 3. The van der Waals surface area contributed by atoms with Crippen LogP contribution in [0, 0.1) is 6.92 Å². The quantitative estimate of drug-likeness (QED) is 0.506. The van der Waals surface area contributed by atoms with Crippen LogP contribution in [0.2, 0.25) is 0 Å². The Bertz CT molecular complexity index is 532. The molecule has 0 aliphatic rings. The molecule has 0 unspecified atom stereocenters. The van der Waals surface area contributed by atoms with Crippen molar-refractivity contribution in [2.45, 2.75) is 13.5 Å². The van der Waals surface area contributed by atoms with E-state index in [1.165, 1.54) is 11.8 Å². The summed E-state index contributed by atoms with van der Waals surface area (Å²) in [6.45, 7) is 2.55. The number of oxime groups is 1. The van der Waals surface area contributed by atoms with Gasteiger partial charge in [-0.2, -0.15) is 0 Å². The molecule has 0 aliphatic carbocycles. The Morgan fingerprint density at radius 1 is 1.11 bits per heavy atom. The Morgan fingerprint density at radius 3 is 2.56 bits per heavy atom. The molecular weight excluding hydrogens is 226 g/mol. The molecule has 0 heterocycles. The fraction of sp³-hybridized carbons (Fsp3) is 0.133. The minimum atomic E-state index is 0.497. The Labute approximate surface area is 106 Å². The topological polar surface area (TPSA) is 41.8 Å². The zero-order chi connectivity index (χ0) is 12.8. The van der Waals surface area contributed by atoms with E-state index in [2.05, 4.69) is 24.2 Å². The van der Waals surface area contributed by atoms with E-state index in [0.717, 1.165) is 11.1 Å². The molecule has 0 radical (unpaired) electrons. The molecule has 3 nitrogen and oxygen atoms in total. The van der Waals surface area contributed by atoms with Crippen molar-refractivity contribution in [1.82, 2.24) is 0 Å². The normalized spacial score (nSPS) is 10.7. The monoisotopic (exact) mass is 241 g/mol. The molecule has 0 spiro atoms. The lowest BCUT2D eigenvalue weighted by molar-refractivity contribution is 0.304. The average molecular weight is 241 g/mol. The first-order valence-corrected chi connectivity index (χ1v) is 5.74. The zero-order valence-corrected chi connectivity index (χ0v) is 10.2. The Hall–Kier alpha value is -2.29. The molecule has 92 valence electrons. The third kappa shape index (κ3) is 3.10. The summed E-state index contributed by atoms with van der Waals surface area (Å²) in [5, 5.41) is 11.6. The maximum absolute atomic E-state index is 8.57. The van der Waals surface area contributed by atoms with Gasteiger partial charge in [0, 0.05) is 5.56 Å². The van der Waals surface area contributed by atoms with E-state index >= 15 is 0 Å². The second-order valence-corrected chi connectivity index (χ2v) is 4.06. The number of ether oxygens (including phenoxy) is 1. The van der Waals surface area contributed by atoms with Gasteiger partial charge in [0.15, 0.2) is 0 Å². The number of aryl methyl sites for hydroxylation is 1. The van der Waals surface area contributed by atoms with Gasteiger partial charge in [0.25, 0.3) is 0 Å². The van der Waals surface area contributed by atoms with E-state index < -0.39 is 0 Å². The average Bonchev–Trinajstić information content (AvgIpc) is 2.40. The van der Waals surface area contributed by atoms with Crippen molar-refractivity contribution < 1.29 is 9.94 Å². The lowest BCUT2D eigenvalue weighted by Crippen LogP contribution is -1.98. The predicted octanol–water partition coefficient (Wildman–Crippen LogP) is 3.38. The van der Waals surface area contributed by atoms with Gasteiger partial charge < -0.3 is 9.94 Å². The van der Waals surface area contributed by atoms with Crippen molar-refractivity contribution in [3.63, 3.8) is 0 Å². The second kappa shape index (κ2) is 5.87. The van der Waals surface area contributed by atoms with Gasteiger partial charge in [0.2, 0.25) is 0 Å². The molecule has 2 rings (SSSR count). The molecule has 0 saturated carbocycles. The number of para-hydroxylation sites is 1. The summed E-state index contributed by atoms with van der Waals surface area (Å²) < 4.78 is 5.71. The van der Waals surface area contributed by atoms with Crippen molar-refractivity contribution in [3.8, 4) is 5.75 Å². The summed E-state index contributed by atoms with van der Waals surface area (Å²) >= 11 is 0. The van der Waals surface area contributed by atoms with Gasteiger partial charge in [-0.15, -0.1) is 0 Å². The highest BCUT2D eigenvalue weighted by Gasteiger charge is 2.01. The van der Waals surface area contributed by atoms with Gasteiger partial charge in [-0.05, 0) is 24.6 Å². The van der Waals surface area contributed by atoms with Gasteiger partial charge >= 0.3 is 0 Å². The lowest BCUT2D eigenvalue weighted by atomic mass is 10.1. The molecule has 2 aromatic carbocycles. The minimum absolute atomic E-state index is 0.497. The van der Waals surface area contributed by atoms with Crippen LogP contribution in [0.15, 0.2) is 53.7 Å². The van der Waals surface area contributed by atoms with Gasteiger partial charge in [0.05, 0.1) is 6.21 Å². The summed E-state index contributed by atoms with van der Waals surface area (Å²) in [7, 11) is 0. The summed E-state index contributed by atoms with van der Waals surface area (Å²) in [6, 6.07) is 15.6. The molecule has 1 N–H and O–H groups in total. The van der Waals surface area contributed by atoms with Crippen molar-refractivity contribution in [3.05, 3.63) is 65.2 Å². The fourth-order valence-electron chi connectivity index (χ4n) is 1.63. The molecule has 0 atom stereocenters. The molecule has 3 heteroatoms. The van der Waals surface area contributed by atoms with Crippen LogP contribution in [0.4, 0.5) is 0 Å². The van der Waals surface area contributed by atoms with Crippen LogP contribution < -0.4 is 4.74 Å². The van der Waals surface area contributed by atoms with E-state index in [9.17, 15) is 0 Å². The summed E-state index contributed by atoms with van der Waals surface area (Å²) in [4.78, 5) is 0. The van der Waals surface area contributed by atoms with Crippen molar-refractivity contribution in [2.24, 2.45) is 5.16 Å². The van der Waals surface area contributed by atoms with Crippen LogP contribution in [0.25, 0.3) is 0 Å². The van der Waals surface area contributed by atoms with Crippen LogP contribution in [0.5, 0.6) is 5.75 Å². The molecule has 0 bridgehead atoms. The van der Waals surface area contributed by atoms with E-state index in [1.807, 2.05) is 36.4 Å². The second-order valence-electron chi connectivity index (χ2n) is 4.06. The van der Waals surface area contributed by atoms with Crippen LogP contribution >= 0.6 is 0 Å². The molecular formula is C15H15NO2. The van der Waals surface area contributed by atoms with E-state index in [-0.39, 0.29) is 0 Å². The summed E-state index contributed by atoms with van der Waals surface area (Å²) in [6.07, 6.45) is 1.37. The van der Waals surface area contributed by atoms with Crippen LogP contribution in [0.3, 0.4) is 0 Å². The summed E-state index contributed by atoms with van der Waals surface area (Å²) in [5.74, 6) is 0.705. The largest absolute Gasteiger partial charge is 0.488 e. The lowest BCUT2D eigenvalue weighted by Gasteiger charge is -2.08. The third-order valence-electron chi connectivity index (χ3n) is 2.63. The Morgan fingerprint density at radius 2 is 1.83 bits per heavy atom. The standard InChI is InChI=1S/C15H15NO2/c1-12-6-8-13(9-7-12)11-18-15-5-3-2-4-14(15)10-16-17/h2-10,17H,11H2,1H3. The Balaban J connectivity index is 2.08. The predicted molar refractivity (Wildman–Crippen MR) is 71.3 cm³/mol. The van der Waals surface area contributed by atoms with Crippen molar-refractivity contribution in [2.75, 3.05) is 0 Å². The maximum Gasteiger partial charge on any atom is 0.128 e. The van der Waals surface area contributed by atoms with Crippen LogP contribution in [-0.4, -0.2) is 11.4 Å². The highest BCUT2D eigenvalue weighted by Crippen LogP contribution is 2.17.